The lowest BCUT2D eigenvalue weighted by Gasteiger charge is -2.17. The molecule has 2 rings (SSSR count). The Labute approximate surface area is 105 Å². The van der Waals surface area contributed by atoms with Crippen LogP contribution in [0, 0.1) is 0 Å². The highest BCUT2D eigenvalue weighted by molar-refractivity contribution is 5.75. The summed E-state index contributed by atoms with van der Waals surface area (Å²) in [7, 11) is 1.89. The molecule has 2 aromatic rings. The second kappa shape index (κ2) is 5.44. The van der Waals surface area contributed by atoms with Crippen LogP contribution in [0.3, 0.4) is 0 Å². The van der Waals surface area contributed by atoms with Crippen LogP contribution in [0.25, 0.3) is 11.0 Å². The van der Waals surface area contributed by atoms with Crippen LogP contribution in [0.5, 0.6) is 0 Å². The van der Waals surface area contributed by atoms with Crippen LogP contribution in [-0.2, 0) is 4.79 Å². The average molecular weight is 245 g/mol. The van der Waals surface area contributed by atoms with Gasteiger partial charge in [0.1, 0.15) is 5.82 Å². The number of carboxylic acids is 1. The first-order valence-corrected chi connectivity index (χ1v) is 5.81. The fourth-order valence-electron chi connectivity index (χ4n) is 1.71. The molecule has 0 saturated carbocycles. The number of rotatable bonds is 5. The molecule has 1 aromatic carbocycles. The molecule has 0 radical (unpaired) electrons. The maximum atomic E-state index is 10.4. The van der Waals surface area contributed by atoms with E-state index >= 15 is 0 Å². The average Bonchev–Trinajstić information content (AvgIpc) is 2.37. The molecule has 0 bridgehead atoms. The standard InChI is InChI=1S/C13H15N3O2/c1-16(8-4-7-13(17)18)12-9-14-10-5-2-3-6-11(10)15-12/h2-3,5-6,9H,4,7-8H2,1H3,(H,17,18). The molecule has 18 heavy (non-hydrogen) atoms. The molecule has 0 aliphatic carbocycles. The maximum absolute atomic E-state index is 10.4. The zero-order chi connectivity index (χ0) is 13.0. The number of fused-ring (bicyclic) bond motifs is 1. The Balaban J connectivity index is 2.08. The van der Waals surface area contributed by atoms with Gasteiger partial charge in [-0.15, -0.1) is 0 Å². The summed E-state index contributed by atoms with van der Waals surface area (Å²) >= 11 is 0. The Morgan fingerprint density at radius 1 is 1.33 bits per heavy atom. The highest BCUT2D eigenvalue weighted by Gasteiger charge is 2.05. The van der Waals surface area contributed by atoms with Crippen molar-refractivity contribution in [2.24, 2.45) is 0 Å². The molecule has 0 spiro atoms. The predicted molar refractivity (Wildman–Crippen MR) is 69.7 cm³/mol. The summed E-state index contributed by atoms with van der Waals surface area (Å²) in [5.74, 6) is -0.00733. The molecular formula is C13H15N3O2. The van der Waals surface area contributed by atoms with Crippen molar-refractivity contribution in [3.05, 3.63) is 30.5 Å². The Hall–Kier alpha value is -2.17. The van der Waals surface area contributed by atoms with E-state index in [-0.39, 0.29) is 6.42 Å². The minimum atomic E-state index is -0.770. The Morgan fingerprint density at radius 3 is 2.78 bits per heavy atom. The number of carbonyl (C=O) groups is 1. The lowest BCUT2D eigenvalue weighted by Crippen LogP contribution is -2.20. The Morgan fingerprint density at radius 2 is 2.06 bits per heavy atom. The molecule has 0 atom stereocenters. The Kier molecular flexibility index (Phi) is 3.72. The van der Waals surface area contributed by atoms with Crippen LogP contribution in [0.4, 0.5) is 5.82 Å². The SMILES string of the molecule is CN(CCCC(=O)O)c1cnc2ccccc2n1. The number of para-hydroxylation sites is 2. The summed E-state index contributed by atoms with van der Waals surface area (Å²) in [5.41, 5.74) is 1.71. The molecule has 1 heterocycles. The highest BCUT2D eigenvalue weighted by Crippen LogP contribution is 2.14. The van der Waals surface area contributed by atoms with Gasteiger partial charge in [0.05, 0.1) is 17.2 Å². The van der Waals surface area contributed by atoms with E-state index in [2.05, 4.69) is 9.97 Å². The van der Waals surface area contributed by atoms with Crippen molar-refractivity contribution < 1.29 is 9.90 Å². The number of benzene rings is 1. The molecule has 94 valence electrons. The van der Waals surface area contributed by atoms with Crippen molar-refractivity contribution in [1.82, 2.24) is 9.97 Å². The fraction of sp³-hybridized carbons (Fsp3) is 0.308. The van der Waals surface area contributed by atoms with E-state index < -0.39 is 5.97 Å². The molecule has 1 aromatic heterocycles. The van der Waals surface area contributed by atoms with E-state index in [0.717, 1.165) is 16.9 Å². The first kappa shape index (κ1) is 12.3. The first-order chi connectivity index (χ1) is 8.66. The fourth-order valence-corrected chi connectivity index (χ4v) is 1.71. The molecule has 0 amide bonds. The molecule has 5 heteroatoms. The van der Waals surface area contributed by atoms with Gasteiger partial charge in [-0.2, -0.15) is 0 Å². The molecule has 0 aliphatic rings. The molecule has 1 N–H and O–H groups in total. The topological polar surface area (TPSA) is 66.3 Å². The van der Waals surface area contributed by atoms with Crippen LogP contribution in [0.15, 0.2) is 30.5 Å². The van der Waals surface area contributed by atoms with Crippen LogP contribution in [0.1, 0.15) is 12.8 Å². The van der Waals surface area contributed by atoms with Crippen molar-refractivity contribution >= 4 is 22.8 Å². The van der Waals surface area contributed by atoms with Crippen LogP contribution >= 0.6 is 0 Å². The third-order valence-corrected chi connectivity index (χ3v) is 2.71. The van der Waals surface area contributed by atoms with Gasteiger partial charge in [-0.05, 0) is 18.6 Å². The molecule has 0 saturated heterocycles. The predicted octanol–water partition coefficient (Wildman–Crippen LogP) is 1.93. The smallest absolute Gasteiger partial charge is 0.303 e. The van der Waals surface area contributed by atoms with Gasteiger partial charge in [-0.3, -0.25) is 9.78 Å². The summed E-state index contributed by atoms with van der Waals surface area (Å²) < 4.78 is 0. The number of aromatic nitrogens is 2. The molecule has 0 unspecified atom stereocenters. The lowest BCUT2D eigenvalue weighted by atomic mass is 10.3. The number of carboxylic acid groups (broad SMARTS) is 1. The van der Waals surface area contributed by atoms with Crippen molar-refractivity contribution in [3.8, 4) is 0 Å². The van der Waals surface area contributed by atoms with Crippen LogP contribution in [-0.4, -0.2) is 34.6 Å². The largest absolute Gasteiger partial charge is 0.481 e. The van der Waals surface area contributed by atoms with Crippen LogP contribution in [0.2, 0.25) is 0 Å². The van der Waals surface area contributed by atoms with E-state index in [0.29, 0.717) is 13.0 Å². The Bertz CT molecular complexity index is 557. The summed E-state index contributed by atoms with van der Waals surface area (Å²) in [6, 6.07) is 7.67. The van der Waals surface area contributed by atoms with Crippen molar-refractivity contribution in [2.45, 2.75) is 12.8 Å². The van der Waals surface area contributed by atoms with Gasteiger partial charge < -0.3 is 10.0 Å². The second-order valence-electron chi connectivity index (χ2n) is 4.14. The summed E-state index contributed by atoms with van der Waals surface area (Å²) in [5, 5.41) is 8.59. The number of hydrogen-bond donors (Lipinski definition) is 1. The summed E-state index contributed by atoms with van der Waals surface area (Å²) in [6.45, 7) is 0.652. The quantitative estimate of drug-likeness (QED) is 0.871. The first-order valence-electron chi connectivity index (χ1n) is 5.81. The van der Waals surface area contributed by atoms with E-state index in [1.54, 1.807) is 6.20 Å². The van der Waals surface area contributed by atoms with Gasteiger partial charge >= 0.3 is 5.97 Å². The number of anilines is 1. The van der Waals surface area contributed by atoms with E-state index in [1.807, 2.05) is 36.2 Å². The third kappa shape index (κ3) is 2.94. The molecule has 0 fully saturated rings. The lowest BCUT2D eigenvalue weighted by molar-refractivity contribution is -0.137. The number of nitrogens with zero attached hydrogens (tertiary/aromatic N) is 3. The van der Waals surface area contributed by atoms with Gasteiger partial charge in [0.25, 0.3) is 0 Å². The normalized spacial score (nSPS) is 10.5. The zero-order valence-corrected chi connectivity index (χ0v) is 10.2. The minimum Gasteiger partial charge on any atom is -0.481 e. The van der Waals surface area contributed by atoms with E-state index in [9.17, 15) is 4.79 Å². The van der Waals surface area contributed by atoms with Gasteiger partial charge in [0.15, 0.2) is 0 Å². The summed E-state index contributed by atoms with van der Waals surface area (Å²) in [4.78, 5) is 21.2. The van der Waals surface area contributed by atoms with Gasteiger partial charge in [-0.25, -0.2) is 4.98 Å². The number of aliphatic carboxylic acids is 1. The van der Waals surface area contributed by atoms with E-state index in [1.165, 1.54) is 0 Å². The van der Waals surface area contributed by atoms with E-state index in [4.69, 9.17) is 5.11 Å². The molecule has 0 aliphatic heterocycles. The molecule has 5 nitrogen and oxygen atoms in total. The van der Waals surface area contributed by atoms with Crippen LogP contribution < -0.4 is 4.90 Å². The van der Waals surface area contributed by atoms with Gasteiger partial charge in [-0.1, -0.05) is 12.1 Å². The minimum absolute atomic E-state index is 0.172. The van der Waals surface area contributed by atoms with Gasteiger partial charge in [0, 0.05) is 20.0 Å². The van der Waals surface area contributed by atoms with Crippen molar-refractivity contribution in [1.29, 1.82) is 0 Å². The van der Waals surface area contributed by atoms with Gasteiger partial charge in [0.2, 0.25) is 0 Å². The second-order valence-corrected chi connectivity index (χ2v) is 4.14. The third-order valence-electron chi connectivity index (χ3n) is 2.71. The zero-order valence-electron chi connectivity index (χ0n) is 10.2. The highest BCUT2D eigenvalue weighted by atomic mass is 16.4. The van der Waals surface area contributed by atoms with Crippen molar-refractivity contribution in [3.63, 3.8) is 0 Å². The maximum Gasteiger partial charge on any atom is 0.303 e. The van der Waals surface area contributed by atoms with Crippen molar-refractivity contribution in [2.75, 3.05) is 18.5 Å². The monoisotopic (exact) mass is 245 g/mol. The summed E-state index contributed by atoms with van der Waals surface area (Å²) in [6.07, 6.45) is 2.48. The molecular weight excluding hydrogens is 230 g/mol. The number of hydrogen-bond acceptors (Lipinski definition) is 4.